The van der Waals surface area contributed by atoms with Gasteiger partial charge in [-0.3, -0.25) is 0 Å². The predicted octanol–water partition coefficient (Wildman–Crippen LogP) is 2.61. The number of sulfonamides is 1. The van der Waals surface area contributed by atoms with Crippen molar-refractivity contribution in [1.29, 1.82) is 0 Å². The molecule has 0 aliphatic rings. The molecule has 0 saturated heterocycles. The second kappa shape index (κ2) is 9.61. The molecule has 0 unspecified atom stereocenters. The van der Waals surface area contributed by atoms with Gasteiger partial charge in [-0.15, -0.1) is 15.3 Å². The summed E-state index contributed by atoms with van der Waals surface area (Å²) >= 11 is 0. The van der Waals surface area contributed by atoms with Gasteiger partial charge >= 0.3 is 0 Å². The summed E-state index contributed by atoms with van der Waals surface area (Å²) in [5.74, 6) is 1.38. The summed E-state index contributed by atoms with van der Waals surface area (Å²) in [6.07, 6.45) is 0. The van der Waals surface area contributed by atoms with Gasteiger partial charge in [-0.25, -0.2) is 17.5 Å². The third kappa shape index (κ3) is 4.77. The molecule has 12 heteroatoms. The van der Waals surface area contributed by atoms with Crippen LogP contribution in [0.2, 0.25) is 0 Å². The minimum atomic E-state index is -3.80. The Bertz CT molecular complexity index is 1440. The van der Waals surface area contributed by atoms with Crippen LogP contribution < -0.4 is 18.9 Å². The number of hydrogen-bond acceptors (Lipinski definition) is 8. The number of methoxy groups -OCH3 is 2. The lowest BCUT2D eigenvalue weighted by Crippen LogP contribution is -2.28. The number of benzene rings is 2. The molecule has 0 saturated carbocycles. The standard InChI is InChI=1S/C22H22FN5O5S/c1-14-12-16(5-7-18(14)23)34(29,30)24-10-11-33-21-9-8-20-25-26-22(28(20)27-21)17-6-4-15(31-2)13-19(17)32-3/h4-9,12-13,24H,10-11H2,1-3H3. The minimum absolute atomic E-state index is 0.0141. The lowest BCUT2D eigenvalue weighted by Gasteiger charge is -2.10. The molecular formula is C22H22FN5O5S. The molecule has 0 spiro atoms. The third-order valence-electron chi connectivity index (χ3n) is 4.97. The highest BCUT2D eigenvalue weighted by Gasteiger charge is 2.17. The molecule has 0 amide bonds. The highest BCUT2D eigenvalue weighted by molar-refractivity contribution is 7.89. The van der Waals surface area contributed by atoms with Gasteiger partial charge in [0.05, 0.1) is 24.7 Å². The number of aryl methyl sites for hydroxylation is 1. The summed E-state index contributed by atoms with van der Waals surface area (Å²) in [5, 5.41) is 12.7. The lowest BCUT2D eigenvalue weighted by atomic mass is 10.2. The van der Waals surface area contributed by atoms with E-state index in [1.54, 1.807) is 37.4 Å². The Hall–Kier alpha value is -3.77. The Balaban J connectivity index is 1.47. The number of nitrogens with one attached hydrogen (secondary N) is 1. The van der Waals surface area contributed by atoms with Gasteiger partial charge in [-0.1, -0.05) is 0 Å². The number of fused-ring (bicyclic) bond motifs is 1. The van der Waals surface area contributed by atoms with Crippen LogP contribution in [-0.4, -0.2) is 55.6 Å². The van der Waals surface area contributed by atoms with Gasteiger partial charge in [0.1, 0.15) is 23.9 Å². The zero-order valence-electron chi connectivity index (χ0n) is 18.6. The van der Waals surface area contributed by atoms with Gasteiger partial charge in [0.2, 0.25) is 15.9 Å². The summed E-state index contributed by atoms with van der Waals surface area (Å²) in [4.78, 5) is -0.0199. The van der Waals surface area contributed by atoms with E-state index in [2.05, 4.69) is 20.0 Å². The molecule has 2 aromatic carbocycles. The molecule has 0 aliphatic carbocycles. The maximum absolute atomic E-state index is 13.4. The van der Waals surface area contributed by atoms with E-state index in [4.69, 9.17) is 14.2 Å². The van der Waals surface area contributed by atoms with Crippen LogP contribution in [0.25, 0.3) is 17.0 Å². The Labute approximate surface area is 195 Å². The summed E-state index contributed by atoms with van der Waals surface area (Å²) in [7, 11) is -0.700. The smallest absolute Gasteiger partial charge is 0.240 e. The number of hydrogen-bond donors (Lipinski definition) is 1. The zero-order valence-corrected chi connectivity index (χ0v) is 19.5. The van der Waals surface area contributed by atoms with Gasteiger partial charge in [-0.2, -0.15) is 4.52 Å². The molecule has 178 valence electrons. The molecule has 0 bridgehead atoms. The molecule has 34 heavy (non-hydrogen) atoms. The Morgan fingerprint density at radius 3 is 2.59 bits per heavy atom. The summed E-state index contributed by atoms with van der Waals surface area (Å²) < 4.78 is 58.5. The first-order valence-corrected chi connectivity index (χ1v) is 11.6. The van der Waals surface area contributed by atoms with Crippen molar-refractivity contribution in [2.24, 2.45) is 0 Å². The molecule has 10 nitrogen and oxygen atoms in total. The predicted molar refractivity (Wildman–Crippen MR) is 121 cm³/mol. The van der Waals surface area contributed by atoms with Crippen LogP contribution in [-0.2, 0) is 10.0 Å². The largest absolute Gasteiger partial charge is 0.497 e. The molecule has 4 aromatic rings. The fraction of sp³-hybridized carbons (Fsp3) is 0.227. The van der Waals surface area contributed by atoms with Crippen LogP contribution in [0.4, 0.5) is 4.39 Å². The van der Waals surface area contributed by atoms with Crippen LogP contribution in [0, 0.1) is 12.7 Å². The van der Waals surface area contributed by atoms with E-state index in [0.29, 0.717) is 28.5 Å². The second-order valence-corrected chi connectivity index (χ2v) is 8.96. The molecule has 0 fully saturated rings. The van der Waals surface area contributed by atoms with Crippen LogP contribution in [0.15, 0.2) is 53.4 Å². The average molecular weight is 488 g/mol. The molecular weight excluding hydrogens is 465 g/mol. The Morgan fingerprint density at radius 2 is 1.85 bits per heavy atom. The van der Waals surface area contributed by atoms with Gasteiger partial charge in [-0.05, 0) is 48.9 Å². The van der Waals surface area contributed by atoms with Gasteiger partial charge in [0.25, 0.3) is 0 Å². The van der Waals surface area contributed by atoms with Crippen molar-refractivity contribution < 1.29 is 27.0 Å². The molecule has 0 aliphatic heterocycles. The van der Waals surface area contributed by atoms with Crippen molar-refractivity contribution in [3.63, 3.8) is 0 Å². The number of ether oxygens (including phenoxy) is 3. The van der Waals surface area contributed by atoms with E-state index in [9.17, 15) is 12.8 Å². The van der Waals surface area contributed by atoms with Crippen molar-refractivity contribution in [1.82, 2.24) is 24.5 Å². The topological polar surface area (TPSA) is 117 Å². The molecule has 2 heterocycles. The first kappa shape index (κ1) is 23.4. The van der Waals surface area contributed by atoms with Crippen molar-refractivity contribution in [3.8, 4) is 28.8 Å². The van der Waals surface area contributed by atoms with Crippen molar-refractivity contribution >= 4 is 15.7 Å². The lowest BCUT2D eigenvalue weighted by molar-refractivity contribution is 0.306. The number of nitrogens with zero attached hydrogens (tertiary/aromatic N) is 4. The Kier molecular flexibility index (Phi) is 6.61. The highest BCUT2D eigenvalue weighted by Crippen LogP contribution is 2.32. The van der Waals surface area contributed by atoms with E-state index >= 15 is 0 Å². The number of halogens is 1. The molecule has 4 rings (SSSR count). The van der Waals surface area contributed by atoms with Crippen LogP contribution in [0.5, 0.6) is 17.4 Å². The van der Waals surface area contributed by atoms with E-state index in [1.165, 1.54) is 30.7 Å². The van der Waals surface area contributed by atoms with Gasteiger partial charge in [0.15, 0.2) is 11.5 Å². The summed E-state index contributed by atoms with van der Waals surface area (Å²) in [6, 6.07) is 12.2. The second-order valence-electron chi connectivity index (χ2n) is 7.19. The van der Waals surface area contributed by atoms with Crippen LogP contribution in [0.3, 0.4) is 0 Å². The van der Waals surface area contributed by atoms with Crippen LogP contribution >= 0.6 is 0 Å². The molecule has 1 N–H and O–H groups in total. The van der Waals surface area contributed by atoms with Crippen molar-refractivity contribution in [2.75, 3.05) is 27.4 Å². The molecule has 2 aromatic heterocycles. The van der Waals surface area contributed by atoms with Crippen LogP contribution in [0.1, 0.15) is 5.56 Å². The van der Waals surface area contributed by atoms with E-state index < -0.39 is 15.8 Å². The zero-order chi connectivity index (χ0) is 24.3. The summed E-state index contributed by atoms with van der Waals surface area (Å²) in [5.41, 5.74) is 1.39. The average Bonchev–Trinajstić information content (AvgIpc) is 3.26. The van der Waals surface area contributed by atoms with Crippen molar-refractivity contribution in [2.45, 2.75) is 11.8 Å². The molecule has 0 atom stereocenters. The minimum Gasteiger partial charge on any atom is -0.497 e. The van der Waals surface area contributed by atoms with Crippen molar-refractivity contribution in [3.05, 3.63) is 59.9 Å². The fourth-order valence-corrected chi connectivity index (χ4v) is 4.30. The SMILES string of the molecule is COc1ccc(-c2nnc3ccc(OCCNS(=O)(=O)c4ccc(F)c(C)c4)nn23)c(OC)c1. The monoisotopic (exact) mass is 487 g/mol. The normalized spacial score (nSPS) is 11.5. The van der Waals surface area contributed by atoms with Gasteiger partial charge in [0, 0.05) is 18.7 Å². The summed E-state index contributed by atoms with van der Waals surface area (Å²) in [6.45, 7) is 1.50. The Morgan fingerprint density at radius 1 is 1.03 bits per heavy atom. The molecule has 0 radical (unpaired) electrons. The number of aromatic nitrogens is 4. The number of rotatable bonds is 9. The quantitative estimate of drug-likeness (QED) is 0.358. The van der Waals surface area contributed by atoms with E-state index in [0.717, 1.165) is 6.07 Å². The highest BCUT2D eigenvalue weighted by atomic mass is 32.2. The first-order chi connectivity index (χ1) is 16.3. The maximum Gasteiger partial charge on any atom is 0.240 e. The first-order valence-electron chi connectivity index (χ1n) is 10.2. The third-order valence-corrected chi connectivity index (χ3v) is 6.43. The van der Waals surface area contributed by atoms with Gasteiger partial charge < -0.3 is 14.2 Å². The van der Waals surface area contributed by atoms with E-state index in [1.807, 2.05) is 0 Å². The fourth-order valence-electron chi connectivity index (χ4n) is 3.20. The maximum atomic E-state index is 13.4. The van der Waals surface area contributed by atoms with E-state index in [-0.39, 0.29) is 29.5 Å².